The maximum absolute atomic E-state index is 4.95. The molecule has 0 heterocycles. The minimum absolute atomic E-state index is 1.11. The van der Waals surface area contributed by atoms with Gasteiger partial charge in [-0.1, -0.05) is 52.0 Å². The van der Waals surface area contributed by atoms with Gasteiger partial charge in [0, 0.05) is 6.21 Å². The molecule has 1 aromatic rings. The maximum Gasteiger partial charge on any atom is 0.180 e. The highest BCUT2D eigenvalue weighted by Gasteiger charge is 2.25. The van der Waals surface area contributed by atoms with E-state index in [0.717, 1.165) is 6.42 Å². The molecule has 0 aliphatic rings. The average molecular weight is 247 g/mol. The van der Waals surface area contributed by atoms with Crippen molar-refractivity contribution < 1.29 is 0 Å². The van der Waals surface area contributed by atoms with Gasteiger partial charge in [0.2, 0.25) is 0 Å². The van der Waals surface area contributed by atoms with Crippen molar-refractivity contribution in [3.8, 4) is 0 Å². The third-order valence-electron chi connectivity index (χ3n) is 3.85. The lowest BCUT2D eigenvalue weighted by atomic mass is 10.1. The van der Waals surface area contributed by atoms with Crippen molar-refractivity contribution in [2.24, 2.45) is 4.66 Å². The fourth-order valence-electron chi connectivity index (χ4n) is 2.07. The Morgan fingerprint density at radius 2 is 1.47 bits per heavy atom. The largest absolute Gasteiger partial charge is 0.328 e. The molecule has 2 heteroatoms. The Balaban J connectivity index is 2.80. The zero-order valence-corrected chi connectivity index (χ0v) is 12.7. The molecule has 0 aromatic heterocycles. The second-order valence-electron chi connectivity index (χ2n) is 4.64. The first-order valence-corrected chi connectivity index (χ1v) is 9.40. The number of rotatable bonds is 6. The van der Waals surface area contributed by atoms with Gasteiger partial charge in [-0.3, -0.25) is 0 Å². The number of hydrogen-bond acceptors (Lipinski definition) is 1. The van der Waals surface area contributed by atoms with E-state index in [9.17, 15) is 0 Å². The van der Waals surface area contributed by atoms with Crippen LogP contribution in [0.1, 0.15) is 38.8 Å². The molecule has 0 N–H and O–H groups in total. The standard InChI is InChI=1S/C15H25NSi/c1-5-14-9-11-15(12-10-14)13-16-17(6-2,7-3)8-4/h9-13H,5-8H2,1-4H3/b16-13+. The second kappa shape index (κ2) is 6.75. The summed E-state index contributed by atoms with van der Waals surface area (Å²) in [5, 5.41) is 0. The normalized spacial score (nSPS) is 12.2. The highest BCUT2D eigenvalue weighted by Crippen LogP contribution is 2.21. The number of benzene rings is 1. The summed E-state index contributed by atoms with van der Waals surface area (Å²) < 4.78 is 4.95. The Hall–Kier alpha value is -0.893. The predicted octanol–water partition coefficient (Wildman–Crippen LogP) is 4.67. The van der Waals surface area contributed by atoms with E-state index < -0.39 is 8.24 Å². The molecule has 0 saturated heterocycles. The van der Waals surface area contributed by atoms with Gasteiger partial charge in [0.15, 0.2) is 8.24 Å². The van der Waals surface area contributed by atoms with Crippen molar-refractivity contribution >= 4 is 14.5 Å². The van der Waals surface area contributed by atoms with E-state index >= 15 is 0 Å². The van der Waals surface area contributed by atoms with Gasteiger partial charge < -0.3 is 4.66 Å². The van der Waals surface area contributed by atoms with Crippen LogP contribution in [-0.4, -0.2) is 14.5 Å². The topological polar surface area (TPSA) is 12.4 Å². The monoisotopic (exact) mass is 247 g/mol. The van der Waals surface area contributed by atoms with Gasteiger partial charge in [0.1, 0.15) is 0 Å². The van der Waals surface area contributed by atoms with Gasteiger partial charge in [0.25, 0.3) is 0 Å². The van der Waals surface area contributed by atoms with Crippen LogP contribution in [0, 0.1) is 0 Å². The average Bonchev–Trinajstić information content (AvgIpc) is 2.41. The third-order valence-corrected chi connectivity index (χ3v) is 8.48. The Morgan fingerprint density at radius 1 is 0.941 bits per heavy atom. The van der Waals surface area contributed by atoms with Crippen molar-refractivity contribution in [2.75, 3.05) is 0 Å². The van der Waals surface area contributed by atoms with E-state index in [1.54, 1.807) is 0 Å². The lowest BCUT2D eigenvalue weighted by molar-refractivity contribution is 1.14. The SMILES string of the molecule is CCc1ccc(/C=N/[Si](CC)(CC)CC)cc1. The molecule has 0 fully saturated rings. The minimum Gasteiger partial charge on any atom is -0.328 e. The maximum atomic E-state index is 4.95. The van der Waals surface area contributed by atoms with Crippen LogP contribution in [0.25, 0.3) is 0 Å². The molecular weight excluding hydrogens is 222 g/mol. The molecular formula is C15H25NSi. The molecule has 94 valence electrons. The van der Waals surface area contributed by atoms with Crippen LogP contribution in [-0.2, 0) is 6.42 Å². The smallest absolute Gasteiger partial charge is 0.180 e. The Labute approximate surface area is 107 Å². The zero-order valence-electron chi connectivity index (χ0n) is 11.7. The summed E-state index contributed by atoms with van der Waals surface area (Å²) in [4.78, 5) is 0. The van der Waals surface area contributed by atoms with Crippen molar-refractivity contribution in [1.82, 2.24) is 0 Å². The molecule has 0 bridgehead atoms. The molecule has 0 saturated carbocycles. The lowest BCUT2D eigenvalue weighted by Gasteiger charge is -2.21. The van der Waals surface area contributed by atoms with Crippen LogP contribution < -0.4 is 0 Å². The summed E-state index contributed by atoms with van der Waals surface area (Å²) in [7, 11) is -1.35. The highest BCUT2D eigenvalue weighted by molar-refractivity contribution is 6.78. The van der Waals surface area contributed by atoms with Crippen LogP contribution in [0.4, 0.5) is 0 Å². The van der Waals surface area contributed by atoms with Gasteiger partial charge >= 0.3 is 0 Å². The van der Waals surface area contributed by atoms with Gasteiger partial charge in [-0.05, 0) is 35.7 Å². The fraction of sp³-hybridized carbons (Fsp3) is 0.533. The first-order chi connectivity index (χ1) is 8.19. The van der Waals surface area contributed by atoms with Crippen molar-refractivity contribution in [3.63, 3.8) is 0 Å². The molecule has 1 aromatic carbocycles. The predicted molar refractivity (Wildman–Crippen MR) is 80.6 cm³/mol. The first kappa shape index (κ1) is 14.2. The molecule has 1 rings (SSSR count). The number of nitrogens with zero attached hydrogens (tertiary/aromatic N) is 1. The Bertz CT molecular complexity index is 341. The van der Waals surface area contributed by atoms with Gasteiger partial charge in [0.05, 0.1) is 0 Å². The van der Waals surface area contributed by atoms with E-state index in [-0.39, 0.29) is 0 Å². The lowest BCUT2D eigenvalue weighted by Crippen LogP contribution is -2.29. The molecule has 1 nitrogen and oxygen atoms in total. The summed E-state index contributed by atoms with van der Waals surface area (Å²) in [5.74, 6) is 0. The summed E-state index contributed by atoms with van der Waals surface area (Å²) in [6, 6.07) is 12.5. The van der Waals surface area contributed by atoms with E-state index in [0.29, 0.717) is 0 Å². The number of aryl methyl sites for hydroxylation is 1. The van der Waals surface area contributed by atoms with E-state index in [1.165, 1.54) is 29.3 Å². The third kappa shape index (κ3) is 3.81. The fourth-order valence-corrected chi connectivity index (χ4v) is 4.55. The zero-order chi connectivity index (χ0) is 12.7. The van der Waals surface area contributed by atoms with E-state index in [4.69, 9.17) is 4.66 Å². The molecule has 0 spiro atoms. The quantitative estimate of drug-likeness (QED) is 0.511. The van der Waals surface area contributed by atoms with Crippen LogP contribution in [0.2, 0.25) is 18.1 Å². The van der Waals surface area contributed by atoms with Gasteiger partial charge in [-0.2, -0.15) is 0 Å². The molecule has 0 aliphatic heterocycles. The Kier molecular flexibility index (Phi) is 5.62. The van der Waals surface area contributed by atoms with Crippen molar-refractivity contribution in [3.05, 3.63) is 35.4 Å². The van der Waals surface area contributed by atoms with Crippen molar-refractivity contribution in [1.29, 1.82) is 0 Å². The molecule has 0 unspecified atom stereocenters. The summed E-state index contributed by atoms with van der Waals surface area (Å²) >= 11 is 0. The van der Waals surface area contributed by atoms with E-state index in [2.05, 4.69) is 58.2 Å². The van der Waals surface area contributed by atoms with Gasteiger partial charge in [-0.15, -0.1) is 0 Å². The molecule has 0 radical (unpaired) electrons. The summed E-state index contributed by atoms with van der Waals surface area (Å²) in [6.07, 6.45) is 3.21. The molecule has 0 aliphatic carbocycles. The second-order valence-corrected chi connectivity index (χ2v) is 9.47. The van der Waals surface area contributed by atoms with Gasteiger partial charge in [-0.25, -0.2) is 0 Å². The molecule has 17 heavy (non-hydrogen) atoms. The first-order valence-electron chi connectivity index (χ1n) is 6.83. The highest BCUT2D eigenvalue weighted by atomic mass is 28.3. The van der Waals surface area contributed by atoms with Crippen LogP contribution in [0.5, 0.6) is 0 Å². The summed E-state index contributed by atoms with van der Waals surface area (Å²) in [6.45, 7) is 9.05. The van der Waals surface area contributed by atoms with Crippen LogP contribution in [0.15, 0.2) is 28.9 Å². The molecule has 0 amide bonds. The van der Waals surface area contributed by atoms with Crippen LogP contribution in [0.3, 0.4) is 0 Å². The Morgan fingerprint density at radius 3 is 1.88 bits per heavy atom. The number of hydrogen-bond donors (Lipinski definition) is 0. The minimum atomic E-state index is -1.35. The summed E-state index contributed by atoms with van der Waals surface area (Å²) in [5.41, 5.74) is 2.64. The van der Waals surface area contributed by atoms with Crippen LogP contribution >= 0.6 is 0 Å². The van der Waals surface area contributed by atoms with E-state index in [1.807, 2.05) is 0 Å². The molecule has 0 atom stereocenters. The van der Waals surface area contributed by atoms with Crippen molar-refractivity contribution in [2.45, 2.75) is 52.2 Å².